The van der Waals surface area contributed by atoms with E-state index in [2.05, 4.69) is 56.0 Å². The van der Waals surface area contributed by atoms with Gasteiger partial charge in [0.1, 0.15) is 0 Å². The zero-order valence-electron chi connectivity index (χ0n) is 19.7. The first-order valence-electron chi connectivity index (χ1n) is 12.0. The van der Waals surface area contributed by atoms with Gasteiger partial charge in [0.15, 0.2) is 11.6 Å². The van der Waals surface area contributed by atoms with Gasteiger partial charge in [-0.15, -0.1) is 0 Å². The Balaban J connectivity index is 1.77. The molecule has 32 heavy (non-hydrogen) atoms. The molecule has 0 radical (unpaired) electrons. The van der Waals surface area contributed by atoms with E-state index in [1.165, 1.54) is 17.7 Å². The number of nitrogens with zero attached hydrogens (tertiary/aromatic N) is 2. The van der Waals surface area contributed by atoms with E-state index >= 15 is 0 Å². The van der Waals surface area contributed by atoms with E-state index in [-0.39, 0.29) is 12.0 Å². The Morgan fingerprint density at radius 2 is 1.72 bits per heavy atom. The van der Waals surface area contributed by atoms with Gasteiger partial charge in [-0.05, 0) is 82.1 Å². The molecule has 1 saturated carbocycles. The predicted molar refractivity (Wildman–Crippen MR) is 126 cm³/mol. The summed E-state index contributed by atoms with van der Waals surface area (Å²) < 4.78 is 27.8. The highest BCUT2D eigenvalue weighted by Crippen LogP contribution is 2.45. The third kappa shape index (κ3) is 5.56. The van der Waals surface area contributed by atoms with Crippen molar-refractivity contribution in [3.05, 3.63) is 71.3 Å². The molecule has 172 valence electrons. The molecule has 2 aromatic rings. The van der Waals surface area contributed by atoms with Gasteiger partial charge in [-0.1, -0.05) is 49.2 Å². The summed E-state index contributed by atoms with van der Waals surface area (Å²) in [7, 11) is 0. The number of hydrogen-bond donors (Lipinski definition) is 0. The van der Waals surface area contributed by atoms with Gasteiger partial charge in [0.25, 0.3) is 0 Å². The standard InChI is InChI=1S/C28H36F2N2/c1-21(2)32(18-16-23-9-5-4-6-10-23)22(3)15-17-28(20-31,24-11-7-8-12-24)25-13-14-26(29)27(30)19-25/h4-6,9-10,13-14,19,21-22,24H,7-8,11-12,15-18H2,1-3H3. The summed E-state index contributed by atoms with van der Waals surface area (Å²) in [4.78, 5) is 2.50. The van der Waals surface area contributed by atoms with Crippen LogP contribution in [0.3, 0.4) is 0 Å². The van der Waals surface area contributed by atoms with Crippen LogP contribution in [0.5, 0.6) is 0 Å². The Bertz CT molecular complexity index is 899. The molecule has 1 aliphatic rings. The smallest absolute Gasteiger partial charge is 0.159 e. The Hall–Kier alpha value is -2.25. The maximum atomic E-state index is 14.1. The third-order valence-corrected chi connectivity index (χ3v) is 7.37. The molecular weight excluding hydrogens is 402 g/mol. The van der Waals surface area contributed by atoms with Crippen LogP contribution in [-0.4, -0.2) is 23.5 Å². The average molecular weight is 439 g/mol. The van der Waals surface area contributed by atoms with E-state index in [9.17, 15) is 14.0 Å². The molecule has 2 aromatic carbocycles. The van der Waals surface area contributed by atoms with Gasteiger partial charge >= 0.3 is 0 Å². The second-order valence-electron chi connectivity index (χ2n) is 9.65. The zero-order chi connectivity index (χ0) is 23.1. The monoisotopic (exact) mass is 438 g/mol. The maximum absolute atomic E-state index is 14.1. The first-order valence-corrected chi connectivity index (χ1v) is 12.0. The minimum atomic E-state index is -0.861. The average Bonchev–Trinajstić information content (AvgIpc) is 3.33. The molecule has 0 bridgehead atoms. The molecule has 0 saturated heterocycles. The zero-order valence-corrected chi connectivity index (χ0v) is 19.7. The first kappa shape index (κ1) is 24.4. The van der Waals surface area contributed by atoms with Crippen LogP contribution in [0.2, 0.25) is 0 Å². The lowest BCUT2D eigenvalue weighted by molar-refractivity contribution is 0.146. The highest BCUT2D eigenvalue weighted by molar-refractivity contribution is 5.35. The van der Waals surface area contributed by atoms with Crippen LogP contribution in [0.25, 0.3) is 0 Å². The number of rotatable bonds is 10. The fourth-order valence-electron chi connectivity index (χ4n) is 5.48. The van der Waals surface area contributed by atoms with Gasteiger partial charge in [-0.2, -0.15) is 5.26 Å². The molecule has 0 amide bonds. The minimum absolute atomic E-state index is 0.196. The summed E-state index contributed by atoms with van der Waals surface area (Å²) in [6, 6.07) is 17.8. The van der Waals surface area contributed by atoms with Crippen molar-refractivity contribution in [3.63, 3.8) is 0 Å². The van der Waals surface area contributed by atoms with Crippen molar-refractivity contribution in [2.45, 2.75) is 83.2 Å². The number of halogens is 2. The van der Waals surface area contributed by atoms with Crippen molar-refractivity contribution >= 4 is 0 Å². The molecule has 3 rings (SSSR count). The van der Waals surface area contributed by atoms with Crippen LogP contribution in [0.1, 0.15) is 70.4 Å². The summed E-state index contributed by atoms with van der Waals surface area (Å²) in [6.45, 7) is 7.61. The Morgan fingerprint density at radius 1 is 1.03 bits per heavy atom. The van der Waals surface area contributed by atoms with Crippen LogP contribution in [0.15, 0.2) is 48.5 Å². The summed E-state index contributed by atoms with van der Waals surface area (Å²) >= 11 is 0. The summed E-state index contributed by atoms with van der Waals surface area (Å²) in [5.74, 6) is -1.52. The summed E-state index contributed by atoms with van der Waals surface area (Å²) in [6.07, 6.45) is 6.64. The molecule has 0 N–H and O–H groups in total. The molecule has 0 spiro atoms. The van der Waals surface area contributed by atoms with Gasteiger partial charge in [-0.25, -0.2) is 8.78 Å². The van der Waals surface area contributed by atoms with Crippen molar-refractivity contribution in [1.29, 1.82) is 5.26 Å². The molecule has 0 heterocycles. The normalized spacial score (nSPS) is 17.4. The molecule has 0 aliphatic heterocycles. The van der Waals surface area contributed by atoms with Gasteiger partial charge < -0.3 is 0 Å². The topological polar surface area (TPSA) is 27.0 Å². The molecule has 4 heteroatoms. The summed E-state index contributed by atoms with van der Waals surface area (Å²) in [5, 5.41) is 10.4. The maximum Gasteiger partial charge on any atom is 0.159 e. The van der Waals surface area contributed by atoms with E-state index in [1.807, 2.05) is 6.07 Å². The Kier molecular flexibility index (Phi) is 8.43. The molecular formula is C28H36F2N2. The highest BCUT2D eigenvalue weighted by atomic mass is 19.2. The largest absolute Gasteiger partial charge is 0.298 e. The Morgan fingerprint density at radius 3 is 2.31 bits per heavy atom. The van der Waals surface area contributed by atoms with Gasteiger partial charge in [0, 0.05) is 18.6 Å². The molecule has 1 fully saturated rings. The van der Waals surface area contributed by atoms with Crippen LogP contribution in [0.4, 0.5) is 8.78 Å². The predicted octanol–water partition coefficient (Wildman–Crippen LogP) is 7.04. The quantitative estimate of drug-likeness (QED) is 0.398. The van der Waals surface area contributed by atoms with E-state index in [1.54, 1.807) is 6.07 Å². The van der Waals surface area contributed by atoms with Crippen molar-refractivity contribution < 1.29 is 8.78 Å². The van der Waals surface area contributed by atoms with Crippen molar-refractivity contribution in [2.75, 3.05) is 6.54 Å². The van der Waals surface area contributed by atoms with E-state index < -0.39 is 17.0 Å². The van der Waals surface area contributed by atoms with Crippen LogP contribution in [-0.2, 0) is 11.8 Å². The SMILES string of the molecule is CC(C)N(CCc1ccccc1)C(C)CCC(C#N)(c1ccc(F)c(F)c1)C1CCCC1. The first-order chi connectivity index (χ1) is 15.4. The fraction of sp³-hybridized carbons (Fsp3) is 0.536. The number of benzene rings is 2. The third-order valence-electron chi connectivity index (χ3n) is 7.37. The van der Waals surface area contributed by atoms with E-state index in [4.69, 9.17) is 0 Å². The van der Waals surface area contributed by atoms with Crippen LogP contribution in [0, 0.1) is 28.9 Å². The van der Waals surface area contributed by atoms with E-state index in [0.717, 1.165) is 45.1 Å². The molecule has 2 atom stereocenters. The van der Waals surface area contributed by atoms with Gasteiger partial charge in [0.2, 0.25) is 0 Å². The molecule has 2 unspecified atom stereocenters. The van der Waals surface area contributed by atoms with E-state index in [0.29, 0.717) is 18.0 Å². The van der Waals surface area contributed by atoms with Gasteiger partial charge in [0.05, 0.1) is 11.5 Å². The summed E-state index contributed by atoms with van der Waals surface area (Å²) in [5.41, 5.74) is 1.20. The molecule has 1 aliphatic carbocycles. The van der Waals surface area contributed by atoms with Gasteiger partial charge in [-0.3, -0.25) is 4.90 Å². The fourth-order valence-corrected chi connectivity index (χ4v) is 5.48. The lowest BCUT2D eigenvalue weighted by Gasteiger charge is -2.38. The highest BCUT2D eigenvalue weighted by Gasteiger charge is 2.42. The second kappa shape index (κ2) is 11.1. The molecule has 0 aromatic heterocycles. The number of nitriles is 1. The van der Waals surface area contributed by atoms with Crippen molar-refractivity contribution in [3.8, 4) is 6.07 Å². The number of hydrogen-bond acceptors (Lipinski definition) is 2. The van der Waals surface area contributed by atoms with Crippen molar-refractivity contribution in [1.82, 2.24) is 4.90 Å². The lowest BCUT2D eigenvalue weighted by atomic mass is 9.67. The Labute approximate surface area is 192 Å². The second-order valence-corrected chi connectivity index (χ2v) is 9.65. The lowest BCUT2D eigenvalue weighted by Crippen LogP contribution is -2.42. The van der Waals surface area contributed by atoms with Crippen LogP contribution >= 0.6 is 0 Å². The van der Waals surface area contributed by atoms with Crippen molar-refractivity contribution in [2.24, 2.45) is 5.92 Å². The minimum Gasteiger partial charge on any atom is -0.298 e. The van der Waals surface area contributed by atoms with Crippen LogP contribution < -0.4 is 0 Å². The molecule has 2 nitrogen and oxygen atoms in total.